The number of nitrogens with zero attached hydrogens (tertiary/aromatic N) is 2. The first-order valence-corrected chi connectivity index (χ1v) is 9.10. The molecule has 27 heavy (non-hydrogen) atoms. The van der Waals surface area contributed by atoms with Gasteiger partial charge in [-0.2, -0.15) is 5.10 Å². The maximum absolute atomic E-state index is 12.5. The van der Waals surface area contributed by atoms with Crippen molar-refractivity contribution in [1.29, 1.82) is 0 Å². The van der Waals surface area contributed by atoms with Gasteiger partial charge < -0.3 is 9.72 Å². The molecule has 0 spiro atoms. The molecule has 140 valence electrons. The summed E-state index contributed by atoms with van der Waals surface area (Å²) in [7, 11) is 0. The van der Waals surface area contributed by atoms with Crippen LogP contribution in [-0.2, 0) is 0 Å². The third-order valence-corrected chi connectivity index (χ3v) is 4.58. The fourth-order valence-corrected chi connectivity index (χ4v) is 3.03. The van der Waals surface area contributed by atoms with Gasteiger partial charge in [0.15, 0.2) is 5.75 Å². The molecule has 0 radical (unpaired) electrons. The van der Waals surface area contributed by atoms with Crippen molar-refractivity contribution in [3.8, 4) is 5.75 Å². The van der Waals surface area contributed by atoms with Crippen molar-refractivity contribution < 1.29 is 4.74 Å². The van der Waals surface area contributed by atoms with E-state index < -0.39 is 11.2 Å². The molecule has 0 aliphatic heterocycles. The summed E-state index contributed by atoms with van der Waals surface area (Å²) in [4.78, 5) is 27.2. The topological polar surface area (TPSA) is 76.5 Å². The van der Waals surface area contributed by atoms with Gasteiger partial charge in [-0.1, -0.05) is 42.3 Å². The van der Waals surface area contributed by atoms with E-state index in [-0.39, 0.29) is 6.10 Å². The standard InChI is InChI=1S/C19H17Cl2N3O3/c1-3-11(2)27-17-14(20)8-12(9-15(17)21)10-22-24-18(25)13-6-4-5-7-16(13)23-19(24)26/h4-11H,3H2,1-2H3,(H,23,26)/t11-/m0/s1. The average molecular weight is 406 g/mol. The second-order valence-electron chi connectivity index (χ2n) is 5.99. The number of hydrogen-bond acceptors (Lipinski definition) is 4. The number of aromatic amines is 1. The Bertz CT molecular complexity index is 1110. The van der Waals surface area contributed by atoms with Crippen molar-refractivity contribution in [3.05, 3.63) is 72.8 Å². The number of benzene rings is 2. The van der Waals surface area contributed by atoms with E-state index in [1.165, 1.54) is 6.21 Å². The lowest BCUT2D eigenvalue weighted by Gasteiger charge is -2.15. The third-order valence-electron chi connectivity index (χ3n) is 4.02. The van der Waals surface area contributed by atoms with Crippen LogP contribution >= 0.6 is 23.2 Å². The lowest BCUT2D eigenvalue weighted by Crippen LogP contribution is -2.32. The number of rotatable bonds is 5. The Labute approximate surface area is 165 Å². The Morgan fingerprint density at radius 3 is 2.56 bits per heavy atom. The SMILES string of the molecule is CC[C@H](C)Oc1c(Cl)cc(C=Nn2c(=O)[nH]c3ccccc3c2=O)cc1Cl. The molecule has 8 heteroatoms. The largest absolute Gasteiger partial charge is 0.488 e. The predicted octanol–water partition coefficient (Wildman–Crippen LogP) is 4.06. The van der Waals surface area contributed by atoms with Gasteiger partial charge in [0.2, 0.25) is 0 Å². The monoisotopic (exact) mass is 405 g/mol. The fraction of sp³-hybridized carbons (Fsp3) is 0.211. The van der Waals surface area contributed by atoms with E-state index in [2.05, 4.69) is 10.1 Å². The molecule has 1 heterocycles. The van der Waals surface area contributed by atoms with Crippen LogP contribution in [0.2, 0.25) is 10.0 Å². The molecule has 1 atom stereocenters. The first-order chi connectivity index (χ1) is 12.9. The Hall–Kier alpha value is -2.57. The molecule has 3 aromatic rings. The number of fused-ring (bicyclic) bond motifs is 1. The molecule has 0 aliphatic carbocycles. The maximum atomic E-state index is 12.5. The van der Waals surface area contributed by atoms with Gasteiger partial charge in [0, 0.05) is 0 Å². The molecule has 0 saturated carbocycles. The summed E-state index contributed by atoms with van der Waals surface area (Å²) >= 11 is 12.5. The smallest absolute Gasteiger partial charge is 0.349 e. The predicted molar refractivity (Wildman–Crippen MR) is 109 cm³/mol. The Kier molecular flexibility index (Phi) is 5.68. The summed E-state index contributed by atoms with van der Waals surface area (Å²) in [5.74, 6) is 0.394. The number of aromatic nitrogens is 2. The van der Waals surface area contributed by atoms with Gasteiger partial charge in [-0.3, -0.25) is 4.79 Å². The normalized spacial score (nSPS) is 12.6. The summed E-state index contributed by atoms with van der Waals surface area (Å²) in [5, 5.41) is 5.00. The Balaban J connectivity index is 1.99. The van der Waals surface area contributed by atoms with E-state index in [1.807, 2.05) is 13.8 Å². The van der Waals surface area contributed by atoms with Crippen molar-refractivity contribution >= 4 is 40.3 Å². The molecule has 0 bridgehead atoms. The van der Waals surface area contributed by atoms with Crippen LogP contribution in [0.1, 0.15) is 25.8 Å². The van der Waals surface area contributed by atoms with Gasteiger partial charge in [-0.15, -0.1) is 4.68 Å². The van der Waals surface area contributed by atoms with Gasteiger partial charge >= 0.3 is 5.69 Å². The number of hydrogen-bond donors (Lipinski definition) is 1. The van der Waals surface area contributed by atoms with Gasteiger partial charge in [0.1, 0.15) is 0 Å². The van der Waals surface area contributed by atoms with Crippen molar-refractivity contribution in [1.82, 2.24) is 9.66 Å². The van der Waals surface area contributed by atoms with Gasteiger partial charge in [-0.05, 0) is 43.2 Å². The summed E-state index contributed by atoms with van der Waals surface area (Å²) in [6.45, 7) is 3.91. The molecule has 6 nitrogen and oxygen atoms in total. The zero-order chi connectivity index (χ0) is 19.6. The molecule has 0 amide bonds. The Morgan fingerprint density at radius 1 is 1.22 bits per heavy atom. The average Bonchev–Trinajstić information content (AvgIpc) is 2.64. The lowest BCUT2D eigenvalue weighted by atomic mass is 10.2. The van der Waals surface area contributed by atoms with E-state index in [0.717, 1.165) is 11.1 Å². The van der Waals surface area contributed by atoms with Crippen LogP contribution in [0.15, 0.2) is 51.1 Å². The van der Waals surface area contributed by atoms with Crippen LogP contribution in [0.25, 0.3) is 10.9 Å². The number of ether oxygens (including phenoxy) is 1. The fourth-order valence-electron chi connectivity index (χ4n) is 2.43. The molecule has 3 rings (SSSR count). The van der Waals surface area contributed by atoms with Gasteiger partial charge in [0.25, 0.3) is 5.56 Å². The van der Waals surface area contributed by atoms with Gasteiger partial charge in [-0.25, -0.2) is 4.79 Å². The highest BCUT2D eigenvalue weighted by molar-refractivity contribution is 6.37. The Morgan fingerprint density at radius 2 is 1.89 bits per heavy atom. The quantitative estimate of drug-likeness (QED) is 0.650. The van der Waals surface area contributed by atoms with Crippen LogP contribution in [0, 0.1) is 0 Å². The van der Waals surface area contributed by atoms with Crippen LogP contribution < -0.4 is 16.0 Å². The molecule has 2 aromatic carbocycles. The summed E-state index contributed by atoms with van der Waals surface area (Å²) in [5.41, 5.74) is -0.166. The first kappa shape index (κ1) is 19.2. The lowest BCUT2D eigenvalue weighted by molar-refractivity contribution is 0.218. The summed E-state index contributed by atoms with van der Waals surface area (Å²) < 4.78 is 6.47. The minimum absolute atomic E-state index is 0.0331. The minimum Gasteiger partial charge on any atom is -0.488 e. The molecule has 1 aromatic heterocycles. The van der Waals surface area contributed by atoms with E-state index in [1.54, 1.807) is 36.4 Å². The number of H-pyrrole nitrogens is 1. The maximum Gasteiger partial charge on any atom is 0.349 e. The second kappa shape index (κ2) is 7.98. The number of nitrogens with one attached hydrogen (secondary N) is 1. The highest BCUT2D eigenvalue weighted by atomic mass is 35.5. The van der Waals surface area contributed by atoms with Crippen LogP contribution in [-0.4, -0.2) is 22.0 Å². The molecule has 0 saturated heterocycles. The summed E-state index contributed by atoms with van der Waals surface area (Å²) in [6.07, 6.45) is 2.12. The third kappa shape index (κ3) is 4.07. The van der Waals surface area contributed by atoms with Gasteiger partial charge in [0.05, 0.1) is 33.3 Å². The minimum atomic E-state index is -0.635. The van der Waals surface area contributed by atoms with Crippen LogP contribution in [0.5, 0.6) is 5.75 Å². The van der Waals surface area contributed by atoms with E-state index in [9.17, 15) is 9.59 Å². The number of halogens is 2. The molecule has 1 N–H and O–H groups in total. The second-order valence-corrected chi connectivity index (χ2v) is 6.80. The molecular weight excluding hydrogens is 389 g/mol. The highest BCUT2D eigenvalue weighted by Gasteiger charge is 2.12. The molecular formula is C19H17Cl2N3O3. The van der Waals surface area contributed by atoms with Crippen molar-refractivity contribution in [3.63, 3.8) is 0 Å². The number of para-hydroxylation sites is 1. The molecule has 0 aliphatic rings. The van der Waals surface area contributed by atoms with Crippen molar-refractivity contribution in [2.45, 2.75) is 26.4 Å². The van der Waals surface area contributed by atoms with Crippen molar-refractivity contribution in [2.24, 2.45) is 5.10 Å². The summed E-state index contributed by atoms with van der Waals surface area (Å²) in [6, 6.07) is 9.93. The van der Waals surface area contributed by atoms with E-state index >= 15 is 0 Å². The molecule has 0 unspecified atom stereocenters. The zero-order valence-corrected chi connectivity index (χ0v) is 16.2. The highest BCUT2D eigenvalue weighted by Crippen LogP contribution is 2.34. The molecule has 0 fully saturated rings. The van der Waals surface area contributed by atoms with Crippen LogP contribution in [0.4, 0.5) is 0 Å². The van der Waals surface area contributed by atoms with E-state index in [4.69, 9.17) is 27.9 Å². The van der Waals surface area contributed by atoms with Crippen molar-refractivity contribution in [2.75, 3.05) is 0 Å². The van der Waals surface area contributed by atoms with E-state index in [0.29, 0.717) is 32.3 Å². The first-order valence-electron chi connectivity index (χ1n) is 8.34. The zero-order valence-electron chi connectivity index (χ0n) is 14.7. The van der Waals surface area contributed by atoms with Crippen LogP contribution in [0.3, 0.4) is 0 Å².